The molecule has 0 bridgehead atoms. The Balaban J connectivity index is 0.000000461. The van der Waals surface area contributed by atoms with E-state index in [1.54, 1.807) is 0 Å². The molecule has 2 aliphatic carbocycles. The van der Waals surface area contributed by atoms with Crippen LogP contribution in [0.2, 0.25) is 0 Å². The van der Waals surface area contributed by atoms with Gasteiger partial charge in [0.1, 0.15) is 0 Å². The van der Waals surface area contributed by atoms with Crippen molar-refractivity contribution < 1.29 is 5.11 Å². The molecule has 0 amide bonds. The van der Waals surface area contributed by atoms with E-state index in [0.717, 1.165) is 24.7 Å². The van der Waals surface area contributed by atoms with Crippen molar-refractivity contribution in [3.05, 3.63) is 0 Å². The first-order valence-corrected chi connectivity index (χ1v) is 6.54. The number of aliphatic hydroxyl groups excluding tert-OH is 1. The monoisotopic (exact) mass is 198 g/mol. The predicted molar refractivity (Wildman–Crippen MR) is 61.3 cm³/mol. The molecule has 0 aromatic rings. The van der Waals surface area contributed by atoms with Crippen molar-refractivity contribution >= 4 is 0 Å². The van der Waals surface area contributed by atoms with Crippen molar-refractivity contribution in [1.29, 1.82) is 0 Å². The molecule has 0 atom stereocenters. The maximum atomic E-state index is 9.37. The Hall–Kier alpha value is -0.0400. The third kappa shape index (κ3) is 3.27. The van der Waals surface area contributed by atoms with Gasteiger partial charge in [-0.2, -0.15) is 0 Å². The van der Waals surface area contributed by atoms with Crippen molar-refractivity contribution in [1.82, 2.24) is 0 Å². The summed E-state index contributed by atoms with van der Waals surface area (Å²) in [4.78, 5) is 0. The van der Waals surface area contributed by atoms with Crippen LogP contribution in [0.1, 0.15) is 65.2 Å². The minimum Gasteiger partial charge on any atom is -0.393 e. The SMILES string of the molecule is CC.OC1CCC(C2CCCC2)CC1. The van der Waals surface area contributed by atoms with Gasteiger partial charge in [0.25, 0.3) is 0 Å². The largest absolute Gasteiger partial charge is 0.393 e. The zero-order valence-electron chi connectivity index (χ0n) is 9.84. The van der Waals surface area contributed by atoms with Crippen LogP contribution in [0.15, 0.2) is 0 Å². The smallest absolute Gasteiger partial charge is 0.0540 e. The van der Waals surface area contributed by atoms with Gasteiger partial charge in [0.15, 0.2) is 0 Å². The lowest BCUT2D eigenvalue weighted by molar-refractivity contribution is 0.0918. The lowest BCUT2D eigenvalue weighted by atomic mass is 9.78. The van der Waals surface area contributed by atoms with Crippen molar-refractivity contribution in [2.24, 2.45) is 11.8 Å². The summed E-state index contributed by atoms with van der Waals surface area (Å²) in [7, 11) is 0. The molecule has 14 heavy (non-hydrogen) atoms. The zero-order chi connectivity index (χ0) is 10.4. The summed E-state index contributed by atoms with van der Waals surface area (Å²) in [5, 5.41) is 9.37. The first-order valence-electron chi connectivity index (χ1n) is 6.54. The van der Waals surface area contributed by atoms with Crippen LogP contribution < -0.4 is 0 Å². The molecule has 0 radical (unpaired) electrons. The average Bonchev–Trinajstić information content (AvgIpc) is 2.75. The Labute approximate surface area is 88.9 Å². The van der Waals surface area contributed by atoms with E-state index in [2.05, 4.69) is 0 Å². The summed E-state index contributed by atoms with van der Waals surface area (Å²) in [6.45, 7) is 4.00. The van der Waals surface area contributed by atoms with Crippen molar-refractivity contribution in [2.75, 3.05) is 0 Å². The maximum Gasteiger partial charge on any atom is 0.0540 e. The highest BCUT2D eigenvalue weighted by Gasteiger charge is 2.28. The first kappa shape index (κ1) is 12.0. The summed E-state index contributed by atoms with van der Waals surface area (Å²) in [5.74, 6) is 1.99. The Morgan fingerprint density at radius 2 is 1.14 bits per heavy atom. The van der Waals surface area contributed by atoms with Gasteiger partial charge >= 0.3 is 0 Å². The molecule has 1 N–H and O–H groups in total. The highest BCUT2D eigenvalue weighted by Crippen LogP contribution is 2.39. The van der Waals surface area contributed by atoms with E-state index < -0.39 is 0 Å². The Morgan fingerprint density at radius 3 is 1.64 bits per heavy atom. The minimum atomic E-state index is 0.0302. The van der Waals surface area contributed by atoms with Crippen LogP contribution >= 0.6 is 0 Å². The molecule has 0 saturated heterocycles. The topological polar surface area (TPSA) is 20.2 Å². The molecule has 1 nitrogen and oxygen atoms in total. The molecule has 0 spiro atoms. The van der Waals surface area contributed by atoms with Crippen LogP contribution in [0.25, 0.3) is 0 Å². The van der Waals surface area contributed by atoms with Crippen LogP contribution in [-0.4, -0.2) is 11.2 Å². The van der Waals surface area contributed by atoms with Gasteiger partial charge in [-0.1, -0.05) is 39.5 Å². The average molecular weight is 198 g/mol. The number of aliphatic hydroxyl groups is 1. The number of hydrogen-bond acceptors (Lipinski definition) is 1. The van der Waals surface area contributed by atoms with E-state index in [1.165, 1.54) is 38.5 Å². The van der Waals surface area contributed by atoms with E-state index in [4.69, 9.17) is 0 Å². The lowest BCUT2D eigenvalue weighted by Gasteiger charge is -2.29. The summed E-state index contributed by atoms with van der Waals surface area (Å²) in [6.07, 6.45) is 10.6. The third-order valence-corrected chi connectivity index (χ3v) is 3.81. The normalized spacial score (nSPS) is 33.6. The first-order chi connectivity index (χ1) is 6.86. The number of rotatable bonds is 1. The summed E-state index contributed by atoms with van der Waals surface area (Å²) in [5.41, 5.74) is 0. The highest BCUT2D eigenvalue weighted by molar-refractivity contribution is 4.80. The van der Waals surface area contributed by atoms with Gasteiger partial charge in [-0.25, -0.2) is 0 Å². The van der Waals surface area contributed by atoms with E-state index in [0.29, 0.717) is 0 Å². The lowest BCUT2D eigenvalue weighted by Crippen LogP contribution is -2.22. The second-order valence-electron chi connectivity index (χ2n) is 4.61. The highest BCUT2D eigenvalue weighted by atomic mass is 16.3. The number of hydrogen-bond donors (Lipinski definition) is 1. The van der Waals surface area contributed by atoms with Gasteiger partial charge < -0.3 is 5.11 Å². The van der Waals surface area contributed by atoms with Gasteiger partial charge in [-0.3, -0.25) is 0 Å². The molecule has 0 aromatic carbocycles. The minimum absolute atomic E-state index is 0.0302. The van der Waals surface area contributed by atoms with Crippen LogP contribution in [0.3, 0.4) is 0 Å². The molecular weight excluding hydrogens is 172 g/mol. The molecule has 0 heterocycles. The van der Waals surface area contributed by atoms with Gasteiger partial charge in [0.2, 0.25) is 0 Å². The molecule has 2 fully saturated rings. The Bertz CT molecular complexity index is 130. The quantitative estimate of drug-likeness (QED) is 0.680. The van der Waals surface area contributed by atoms with Gasteiger partial charge in [-0.05, 0) is 37.5 Å². The van der Waals surface area contributed by atoms with E-state index >= 15 is 0 Å². The summed E-state index contributed by atoms with van der Waals surface area (Å²) >= 11 is 0. The van der Waals surface area contributed by atoms with Gasteiger partial charge in [-0.15, -0.1) is 0 Å². The van der Waals surface area contributed by atoms with Crippen LogP contribution in [-0.2, 0) is 0 Å². The van der Waals surface area contributed by atoms with Crippen LogP contribution in [0.4, 0.5) is 0 Å². The predicted octanol–water partition coefficient (Wildman–Crippen LogP) is 3.75. The molecule has 2 saturated carbocycles. The Morgan fingerprint density at radius 1 is 0.714 bits per heavy atom. The second kappa shape index (κ2) is 6.44. The van der Waals surface area contributed by atoms with Crippen LogP contribution in [0, 0.1) is 11.8 Å². The zero-order valence-corrected chi connectivity index (χ0v) is 9.84. The molecule has 2 aliphatic rings. The van der Waals surface area contributed by atoms with E-state index in [1.807, 2.05) is 13.8 Å². The Kier molecular flexibility index (Phi) is 5.54. The second-order valence-corrected chi connectivity index (χ2v) is 4.61. The molecule has 84 valence electrons. The fraction of sp³-hybridized carbons (Fsp3) is 1.00. The molecule has 1 heteroatoms. The fourth-order valence-corrected chi connectivity index (χ4v) is 3.00. The molecule has 0 aliphatic heterocycles. The van der Waals surface area contributed by atoms with Crippen molar-refractivity contribution in [3.8, 4) is 0 Å². The van der Waals surface area contributed by atoms with E-state index in [9.17, 15) is 5.11 Å². The molecule has 2 rings (SSSR count). The van der Waals surface area contributed by atoms with Gasteiger partial charge in [0, 0.05) is 0 Å². The molecule has 0 aromatic heterocycles. The van der Waals surface area contributed by atoms with Gasteiger partial charge in [0.05, 0.1) is 6.10 Å². The molecule has 0 unspecified atom stereocenters. The standard InChI is InChI=1S/C11H20O.C2H6/c12-11-7-5-10(6-8-11)9-3-1-2-4-9;1-2/h9-12H,1-8H2;1-2H3. The summed E-state index contributed by atoms with van der Waals surface area (Å²) in [6, 6.07) is 0. The third-order valence-electron chi connectivity index (χ3n) is 3.81. The maximum absolute atomic E-state index is 9.37. The van der Waals surface area contributed by atoms with E-state index in [-0.39, 0.29) is 6.10 Å². The van der Waals surface area contributed by atoms with Crippen molar-refractivity contribution in [3.63, 3.8) is 0 Å². The summed E-state index contributed by atoms with van der Waals surface area (Å²) < 4.78 is 0. The fourth-order valence-electron chi connectivity index (χ4n) is 3.00. The van der Waals surface area contributed by atoms with Crippen LogP contribution in [0.5, 0.6) is 0 Å². The molecular formula is C13H26O. The van der Waals surface area contributed by atoms with Crippen molar-refractivity contribution in [2.45, 2.75) is 71.3 Å².